The van der Waals surface area contributed by atoms with Crippen LogP contribution >= 0.6 is 0 Å². The van der Waals surface area contributed by atoms with Crippen molar-refractivity contribution in [2.75, 3.05) is 6.61 Å². The third-order valence-corrected chi connectivity index (χ3v) is 5.51. The second-order valence-electron chi connectivity index (χ2n) is 7.98. The van der Waals surface area contributed by atoms with Gasteiger partial charge in [-0.2, -0.15) is 13.2 Å². The first-order valence-corrected chi connectivity index (χ1v) is 11.1. The van der Waals surface area contributed by atoms with Gasteiger partial charge in [0.1, 0.15) is 17.9 Å². The molecule has 0 unspecified atom stereocenters. The van der Waals surface area contributed by atoms with E-state index >= 15 is 0 Å². The number of hydrogen-bond donors (Lipinski definition) is 1. The van der Waals surface area contributed by atoms with Gasteiger partial charge in [0, 0.05) is 23.1 Å². The van der Waals surface area contributed by atoms with E-state index in [1.807, 2.05) is 42.5 Å². The molecule has 2 N–H and O–H groups in total. The van der Waals surface area contributed by atoms with Crippen LogP contribution in [0.2, 0.25) is 0 Å². The number of rotatable bonds is 8. The van der Waals surface area contributed by atoms with Gasteiger partial charge >= 0.3 is 12.1 Å². The maximum Gasteiger partial charge on any atom is 0.416 e. The van der Waals surface area contributed by atoms with Gasteiger partial charge in [-0.15, -0.1) is 0 Å². The molecule has 182 valence electrons. The molecule has 5 nitrogen and oxygen atoms in total. The molecule has 0 atom stereocenters. The van der Waals surface area contributed by atoms with Gasteiger partial charge in [-0.05, 0) is 60.0 Å². The highest BCUT2D eigenvalue weighted by Gasteiger charge is 2.31. The standard InChI is InChI=1S/C27H24F3NO4/c1-2-33-25(32)13-20-6-7-22(27(28,29)30)14-24(20)35-16-18-11-21-8-9-34-26(21)23(12-18)19-5-3-4-17(10-19)15-31/h3-12,14H,2,13,15-16,31H2,1H3. The van der Waals surface area contributed by atoms with E-state index in [0.29, 0.717) is 17.7 Å². The first-order chi connectivity index (χ1) is 16.8. The van der Waals surface area contributed by atoms with Crippen LogP contribution in [0.5, 0.6) is 5.75 Å². The van der Waals surface area contributed by atoms with Gasteiger partial charge in [0.05, 0.1) is 24.9 Å². The van der Waals surface area contributed by atoms with Crippen LogP contribution in [-0.4, -0.2) is 12.6 Å². The Morgan fingerprint density at radius 3 is 2.60 bits per heavy atom. The van der Waals surface area contributed by atoms with Crippen LogP contribution in [0.25, 0.3) is 22.1 Å². The van der Waals surface area contributed by atoms with Gasteiger partial charge in [-0.25, -0.2) is 0 Å². The molecule has 0 saturated heterocycles. The molecule has 4 aromatic rings. The third kappa shape index (κ3) is 5.66. The molecule has 1 aromatic heterocycles. The van der Waals surface area contributed by atoms with Crippen LogP contribution in [0.15, 0.2) is 71.3 Å². The number of benzene rings is 3. The van der Waals surface area contributed by atoms with Gasteiger partial charge in [-0.3, -0.25) is 4.79 Å². The molecular weight excluding hydrogens is 459 g/mol. The second kappa shape index (κ2) is 10.2. The van der Waals surface area contributed by atoms with Crippen LogP contribution in [0, 0.1) is 0 Å². The first kappa shape index (κ1) is 24.3. The van der Waals surface area contributed by atoms with Gasteiger partial charge in [0.15, 0.2) is 0 Å². The highest BCUT2D eigenvalue weighted by atomic mass is 19.4. The Kier molecular flexibility index (Phi) is 7.12. The van der Waals surface area contributed by atoms with Crippen molar-refractivity contribution in [3.63, 3.8) is 0 Å². The summed E-state index contributed by atoms with van der Waals surface area (Å²) in [5.41, 5.74) is 9.33. The van der Waals surface area contributed by atoms with Crippen molar-refractivity contribution < 1.29 is 31.9 Å². The molecule has 0 fully saturated rings. The van der Waals surface area contributed by atoms with Crippen molar-refractivity contribution in [1.29, 1.82) is 0 Å². The predicted molar refractivity (Wildman–Crippen MR) is 126 cm³/mol. The van der Waals surface area contributed by atoms with Crippen LogP contribution in [-0.2, 0) is 35.3 Å². The van der Waals surface area contributed by atoms with E-state index in [1.54, 1.807) is 13.2 Å². The lowest BCUT2D eigenvalue weighted by Gasteiger charge is -2.15. The van der Waals surface area contributed by atoms with Crippen molar-refractivity contribution in [1.82, 2.24) is 0 Å². The molecule has 3 aromatic carbocycles. The monoisotopic (exact) mass is 483 g/mol. The fourth-order valence-corrected chi connectivity index (χ4v) is 3.85. The molecular formula is C27H24F3NO4. The van der Waals surface area contributed by atoms with Crippen LogP contribution < -0.4 is 10.5 Å². The minimum Gasteiger partial charge on any atom is -0.489 e. The number of nitrogens with two attached hydrogens (primary N) is 1. The molecule has 8 heteroatoms. The van der Waals surface area contributed by atoms with Crippen molar-refractivity contribution >= 4 is 16.9 Å². The maximum absolute atomic E-state index is 13.3. The maximum atomic E-state index is 13.3. The number of halogens is 3. The van der Waals surface area contributed by atoms with E-state index in [1.165, 1.54) is 6.07 Å². The van der Waals surface area contributed by atoms with Crippen LogP contribution in [0.3, 0.4) is 0 Å². The van der Waals surface area contributed by atoms with E-state index in [9.17, 15) is 18.0 Å². The Morgan fingerprint density at radius 1 is 1.03 bits per heavy atom. The Labute approximate surface area is 200 Å². The lowest BCUT2D eigenvalue weighted by molar-refractivity contribution is -0.142. The van der Waals surface area contributed by atoms with Gasteiger partial charge in [-0.1, -0.05) is 24.3 Å². The highest BCUT2D eigenvalue weighted by molar-refractivity contribution is 5.93. The van der Waals surface area contributed by atoms with E-state index in [-0.39, 0.29) is 25.4 Å². The molecule has 0 saturated carbocycles. The summed E-state index contributed by atoms with van der Waals surface area (Å²) >= 11 is 0. The summed E-state index contributed by atoms with van der Waals surface area (Å²) in [5.74, 6) is -0.564. The molecule has 0 amide bonds. The average Bonchev–Trinajstić information content (AvgIpc) is 3.31. The first-order valence-electron chi connectivity index (χ1n) is 11.1. The van der Waals surface area contributed by atoms with E-state index in [4.69, 9.17) is 19.6 Å². The number of carbonyl (C=O) groups is 1. The molecule has 0 bridgehead atoms. The molecule has 0 radical (unpaired) electrons. The predicted octanol–water partition coefficient (Wildman–Crippen LogP) is 6.26. The lowest BCUT2D eigenvalue weighted by atomic mass is 9.99. The summed E-state index contributed by atoms with van der Waals surface area (Å²) in [6.07, 6.45) is -3.16. The van der Waals surface area contributed by atoms with Crippen LogP contribution in [0.4, 0.5) is 13.2 Å². The number of furan rings is 1. The second-order valence-corrected chi connectivity index (χ2v) is 7.98. The number of fused-ring (bicyclic) bond motifs is 1. The summed E-state index contributed by atoms with van der Waals surface area (Å²) in [4.78, 5) is 12.0. The molecule has 4 rings (SSSR count). The zero-order valence-corrected chi connectivity index (χ0v) is 19.0. The minimum absolute atomic E-state index is 0.0121. The van der Waals surface area contributed by atoms with Crippen LogP contribution in [0.1, 0.15) is 29.2 Å². The van der Waals surface area contributed by atoms with E-state index in [0.717, 1.165) is 39.8 Å². The average molecular weight is 483 g/mol. The van der Waals surface area contributed by atoms with Crippen molar-refractivity contribution in [2.45, 2.75) is 32.7 Å². The van der Waals surface area contributed by atoms with Crippen molar-refractivity contribution in [3.8, 4) is 16.9 Å². The Morgan fingerprint density at radius 2 is 1.86 bits per heavy atom. The third-order valence-electron chi connectivity index (χ3n) is 5.51. The lowest BCUT2D eigenvalue weighted by Crippen LogP contribution is -2.11. The Bertz CT molecular complexity index is 1340. The molecule has 1 heterocycles. The SMILES string of the molecule is CCOC(=O)Cc1ccc(C(F)(F)F)cc1OCc1cc(-c2cccc(CN)c2)c2occc2c1. The Balaban J connectivity index is 1.67. The fraction of sp³-hybridized carbons (Fsp3) is 0.222. The molecule has 0 aliphatic carbocycles. The molecule has 0 aliphatic rings. The quantitative estimate of drug-likeness (QED) is 0.299. The normalized spacial score (nSPS) is 11.6. The number of hydrogen-bond acceptors (Lipinski definition) is 5. The van der Waals surface area contributed by atoms with E-state index < -0.39 is 17.7 Å². The molecule has 35 heavy (non-hydrogen) atoms. The Hall–Kier alpha value is -3.78. The van der Waals surface area contributed by atoms with Crippen molar-refractivity contribution in [3.05, 3.63) is 89.2 Å². The minimum atomic E-state index is -4.54. The van der Waals surface area contributed by atoms with Gasteiger partial charge < -0.3 is 19.6 Å². The molecule has 0 spiro atoms. The zero-order chi connectivity index (χ0) is 25.0. The number of ether oxygens (including phenoxy) is 2. The highest BCUT2D eigenvalue weighted by Crippen LogP contribution is 2.35. The molecule has 0 aliphatic heterocycles. The summed E-state index contributed by atoms with van der Waals surface area (Å²) in [6.45, 7) is 2.21. The summed E-state index contributed by atoms with van der Waals surface area (Å²) in [5, 5.41) is 0.829. The van der Waals surface area contributed by atoms with E-state index in [2.05, 4.69) is 0 Å². The van der Waals surface area contributed by atoms with Gasteiger partial charge in [0.2, 0.25) is 0 Å². The number of esters is 1. The van der Waals surface area contributed by atoms with Gasteiger partial charge in [0.25, 0.3) is 0 Å². The number of alkyl halides is 3. The summed E-state index contributed by atoms with van der Waals surface area (Å²) in [7, 11) is 0. The zero-order valence-electron chi connectivity index (χ0n) is 19.0. The smallest absolute Gasteiger partial charge is 0.416 e. The van der Waals surface area contributed by atoms with Crippen molar-refractivity contribution in [2.24, 2.45) is 5.73 Å². The summed E-state index contributed by atoms with van der Waals surface area (Å²) < 4.78 is 56.4. The largest absolute Gasteiger partial charge is 0.489 e. The summed E-state index contributed by atoms with van der Waals surface area (Å²) in [6, 6.07) is 16.4. The topological polar surface area (TPSA) is 74.7 Å². The fourth-order valence-electron chi connectivity index (χ4n) is 3.85. The number of carbonyl (C=O) groups excluding carboxylic acids is 1.